The van der Waals surface area contributed by atoms with Crippen LogP contribution in [0.25, 0.3) is 10.8 Å². The Kier molecular flexibility index (Phi) is 6.71. The number of halogens is 1. The number of carbonyl (C=O) groups excluding carboxylic acids is 3. The molecule has 3 aromatic rings. The zero-order valence-electron chi connectivity index (χ0n) is 23.3. The fourth-order valence-electron chi connectivity index (χ4n) is 6.31. The summed E-state index contributed by atoms with van der Waals surface area (Å²) in [5.74, 6) is -1.72. The lowest BCUT2D eigenvalue weighted by Gasteiger charge is -2.42. The lowest BCUT2D eigenvalue weighted by atomic mass is 9.95. The molecule has 0 bridgehead atoms. The molecule has 3 amide bonds. The highest BCUT2D eigenvalue weighted by atomic mass is 19.1. The van der Waals surface area contributed by atoms with Gasteiger partial charge in [0.1, 0.15) is 11.9 Å². The monoisotopic (exact) mass is 542 g/mol. The van der Waals surface area contributed by atoms with Gasteiger partial charge in [-0.05, 0) is 73.9 Å². The Morgan fingerprint density at radius 3 is 2.30 bits per heavy atom. The van der Waals surface area contributed by atoms with Crippen LogP contribution in [0.15, 0.2) is 48.5 Å². The number of nitrogens with one attached hydrogen (secondary N) is 1. The Hall–Kier alpha value is -3.62. The van der Waals surface area contributed by atoms with Gasteiger partial charge in [-0.3, -0.25) is 34.4 Å². The van der Waals surface area contributed by atoms with Gasteiger partial charge in [-0.25, -0.2) is 4.39 Å². The molecular weight excluding hydrogens is 507 g/mol. The first-order valence-corrected chi connectivity index (χ1v) is 14.1. The Morgan fingerprint density at radius 2 is 1.62 bits per heavy atom. The Bertz CT molecular complexity index is 1500. The van der Waals surface area contributed by atoms with E-state index < -0.39 is 23.7 Å². The molecule has 3 aliphatic heterocycles. The number of nitrogens with zero attached hydrogens (tertiary/aromatic N) is 3. The molecule has 3 aliphatic rings. The minimum absolute atomic E-state index is 0.162. The number of carbonyl (C=O) groups is 3. The first-order chi connectivity index (χ1) is 19.1. The quantitative estimate of drug-likeness (QED) is 0.488. The molecule has 0 unspecified atom stereocenters. The summed E-state index contributed by atoms with van der Waals surface area (Å²) in [7, 11) is 0. The molecule has 40 heavy (non-hydrogen) atoms. The van der Waals surface area contributed by atoms with Crippen molar-refractivity contribution in [2.75, 3.05) is 31.1 Å². The van der Waals surface area contributed by atoms with Gasteiger partial charge in [0.05, 0.1) is 11.3 Å². The van der Waals surface area contributed by atoms with E-state index in [-0.39, 0.29) is 29.9 Å². The second-order valence-electron chi connectivity index (χ2n) is 12.2. The predicted octanol–water partition coefficient (Wildman–Crippen LogP) is 4.25. The minimum Gasteiger partial charge on any atom is -0.297 e. The molecule has 7 nitrogen and oxygen atoms in total. The zero-order chi connectivity index (χ0) is 28.2. The maximum atomic E-state index is 14.8. The van der Waals surface area contributed by atoms with Crippen molar-refractivity contribution in [2.24, 2.45) is 0 Å². The van der Waals surface area contributed by atoms with Gasteiger partial charge in [-0.15, -0.1) is 0 Å². The van der Waals surface area contributed by atoms with E-state index in [4.69, 9.17) is 0 Å². The van der Waals surface area contributed by atoms with Crippen molar-refractivity contribution in [3.63, 3.8) is 0 Å². The highest BCUT2D eigenvalue weighted by Gasteiger charge is 2.41. The van der Waals surface area contributed by atoms with Crippen molar-refractivity contribution < 1.29 is 18.8 Å². The van der Waals surface area contributed by atoms with Crippen molar-refractivity contribution in [3.05, 3.63) is 76.6 Å². The maximum Gasteiger partial charge on any atom is 0.259 e. The third-order valence-electron chi connectivity index (χ3n) is 8.52. The van der Waals surface area contributed by atoms with Crippen molar-refractivity contribution in [2.45, 2.75) is 58.2 Å². The SMILES string of the molecule is CC(C)(C)N1CCN(Cc2ccc(Cc3ccc4c5c(cc(F)cc35)C(=O)N4[C@@H]3CCC(=O)NC3=O)cc2)CC1. The largest absolute Gasteiger partial charge is 0.297 e. The van der Waals surface area contributed by atoms with E-state index in [9.17, 15) is 18.8 Å². The standard InChI is InChI=1S/C32H35FN4O3/c1-32(2,3)36-14-12-35(13-15-36)19-21-6-4-20(5-7-21)16-22-8-9-26-29-24(22)17-23(33)18-25(29)31(40)37(26)27-10-11-28(38)34-30(27)39/h4-9,17-18,27H,10-16,19H2,1-3H3,(H,34,38,39)/t27-/m1/s1. The molecule has 3 aromatic carbocycles. The summed E-state index contributed by atoms with van der Waals surface area (Å²) in [5, 5.41) is 3.67. The van der Waals surface area contributed by atoms with Crippen molar-refractivity contribution in [1.29, 1.82) is 0 Å². The summed E-state index contributed by atoms with van der Waals surface area (Å²) in [4.78, 5) is 44.1. The third-order valence-corrected chi connectivity index (χ3v) is 8.52. The summed E-state index contributed by atoms with van der Waals surface area (Å²) in [6.07, 6.45) is 1.00. The minimum atomic E-state index is -0.793. The lowest BCUT2D eigenvalue weighted by molar-refractivity contribution is -0.134. The van der Waals surface area contributed by atoms with Gasteiger partial charge in [-0.1, -0.05) is 30.3 Å². The van der Waals surface area contributed by atoms with Gasteiger partial charge in [0.15, 0.2) is 0 Å². The number of rotatable bonds is 5. The summed E-state index contributed by atoms with van der Waals surface area (Å²) in [6.45, 7) is 12.0. The average Bonchev–Trinajstić information content (AvgIpc) is 3.18. The summed E-state index contributed by atoms with van der Waals surface area (Å²) < 4.78 is 14.8. The average molecular weight is 543 g/mol. The molecule has 2 saturated heterocycles. The number of hydrogen-bond acceptors (Lipinski definition) is 5. The van der Waals surface area contributed by atoms with Gasteiger partial charge in [0.2, 0.25) is 11.8 Å². The predicted molar refractivity (Wildman–Crippen MR) is 153 cm³/mol. The topological polar surface area (TPSA) is 73.0 Å². The summed E-state index contributed by atoms with van der Waals surface area (Å²) >= 11 is 0. The lowest BCUT2D eigenvalue weighted by Crippen LogP contribution is -2.53. The first kappa shape index (κ1) is 26.6. The number of benzene rings is 3. The van der Waals surface area contributed by atoms with E-state index in [1.165, 1.54) is 22.6 Å². The van der Waals surface area contributed by atoms with E-state index in [1.54, 1.807) is 0 Å². The highest BCUT2D eigenvalue weighted by Crippen LogP contribution is 2.42. The number of imide groups is 1. The molecule has 3 heterocycles. The Morgan fingerprint density at radius 1 is 0.925 bits per heavy atom. The molecule has 0 aromatic heterocycles. The molecule has 1 atom stereocenters. The third kappa shape index (κ3) is 4.90. The van der Waals surface area contributed by atoms with Crippen LogP contribution in [0.4, 0.5) is 10.1 Å². The van der Waals surface area contributed by atoms with Crippen LogP contribution < -0.4 is 10.2 Å². The summed E-state index contributed by atoms with van der Waals surface area (Å²) in [6, 6.07) is 14.3. The van der Waals surface area contributed by atoms with Gasteiger partial charge < -0.3 is 0 Å². The molecule has 0 radical (unpaired) electrons. The zero-order valence-corrected chi connectivity index (χ0v) is 23.3. The Labute approximate surface area is 233 Å². The van der Waals surface area contributed by atoms with Crippen molar-refractivity contribution in [3.8, 4) is 0 Å². The molecule has 208 valence electrons. The fraction of sp³-hybridized carbons (Fsp3) is 0.406. The van der Waals surface area contributed by atoms with Crippen LogP contribution >= 0.6 is 0 Å². The summed E-state index contributed by atoms with van der Waals surface area (Å²) in [5.41, 5.74) is 4.35. The molecule has 8 heteroatoms. The van der Waals surface area contributed by atoms with Crippen molar-refractivity contribution in [1.82, 2.24) is 15.1 Å². The van der Waals surface area contributed by atoms with Crippen LogP contribution in [0.5, 0.6) is 0 Å². The highest BCUT2D eigenvalue weighted by molar-refractivity contribution is 6.27. The van der Waals surface area contributed by atoms with Gasteiger partial charge >= 0.3 is 0 Å². The van der Waals surface area contributed by atoms with E-state index in [0.29, 0.717) is 22.9 Å². The first-order valence-electron chi connectivity index (χ1n) is 14.1. The van der Waals surface area contributed by atoms with Gasteiger partial charge in [0.25, 0.3) is 5.91 Å². The van der Waals surface area contributed by atoms with Crippen molar-refractivity contribution >= 4 is 34.2 Å². The normalized spacial score (nSPS) is 20.4. The number of piperazine rings is 1. The maximum absolute atomic E-state index is 14.8. The van der Waals surface area contributed by atoms with E-state index >= 15 is 0 Å². The molecule has 1 N–H and O–H groups in total. The van der Waals surface area contributed by atoms with E-state index in [1.807, 2.05) is 12.1 Å². The van der Waals surface area contributed by atoms with Crippen LogP contribution in [0.1, 0.15) is 60.7 Å². The smallest absolute Gasteiger partial charge is 0.259 e. The molecule has 0 aliphatic carbocycles. The number of piperidine rings is 1. The second kappa shape index (κ2) is 10.1. The number of anilines is 1. The van der Waals surface area contributed by atoms with Gasteiger partial charge in [0, 0.05) is 50.1 Å². The van der Waals surface area contributed by atoms with Crippen LogP contribution in [-0.2, 0) is 22.6 Å². The molecule has 6 rings (SSSR count). The Balaban J connectivity index is 1.21. The van der Waals surface area contributed by atoms with Crippen LogP contribution in [0.2, 0.25) is 0 Å². The second-order valence-corrected chi connectivity index (χ2v) is 12.2. The molecular formula is C32H35FN4O3. The van der Waals surface area contributed by atoms with Crippen LogP contribution in [0, 0.1) is 5.82 Å². The van der Waals surface area contributed by atoms with Crippen LogP contribution in [0.3, 0.4) is 0 Å². The van der Waals surface area contributed by atoms with Crippen LogP contribution in [-0.4, -0.2) is 65.3 Å². The molecule has 0 spiro atoms. The fourth-order valence-corrected chi connectivity index (χ4v) is 6.31. The molecule has 0 saturated carbocycles. The van der Waals surface area contributed by atoms with Gasteiger partial charge in [-0.2, -0.15) is 0 Å². The number of hydrogen-bond donors (Lipinski definition) is 1. The molecule has 2 fully saturated rings. The van der Waals surface area contributed by atoms with E-state index in [2.05, 4.69) is 60.2 Å². The van der Waals surface area contributed by atoms with E-state index in [0.717, 1.165) is 43.9 Å². The number of amides is 3.